The molecule has 1 amide bonds. The molecule has 7 heteroatoms. The summed E-state index contributed by atoms with van der Waals surface area (Å²) in [5.41, 5.74) is 6.45. The summed E-state index contributed by atoms with van der Waals surface area (Å²) in [4.78, 5) is 12.6. The molecule has 2 saturated carbocycles. The normalized spacial score (nSPS) is 36.3. The smallest absolute Gasteiger partial charge is 0.407 e. The van der Waals surface area contributed by atoms with Crippen LogP contribution in [0.25, 0.3) is 0 Å². The van der Waals surface area contributed by atoms with Crippen LogP contribution in [0, 0.1) is 5.92 Å². The highest BCUT2D eigenvalue weighted by atomic mass is 16.6. The molecule has 1 saturated heterocycles. The molecule has 0 aromatic rings. The van der Waals surface area contributed by atoms with E-state index < -0.39 is 5.60 Å². The third-order valence-corrected chi connectivity index (χ3v) is 6.95. The highest BCUT2D eigenvalue weighted by molar-refractivity contribution is 5.68. The topological polar surface area (TPSA) is 95.3 Å². The Morgan fingerprint density at radius 1 is 1.23 bits per heavy atom. The van der Waals surface area contributed by atoms with E-state index in [9.17, 15) is 4.79 Å². The van der Waals surface area contributed by atoms with Gasteiger partial charge < -0.3 is 30.0 Å². The number of allylic oxidation sites excluding steroid dienone is 1. The second kappa shape index (κ2) is 9.55. The maximum absolute atomic E-state index is 12.6. The molecule has 0 aromatic heterocycles. The van der Waals surface area contributed by atoms with Crippen molar-refractivity contribution in [2.75, 3.05) is 20.3 Å². The van der Waals surface area contributed by atoms with Gasteiger partial charge in [-0.2, -0.15) is 0 Å². The molecule has 0 aromatic carbocycles. The van der Waals surface area contributed by atoms with Gasteiger partial charge in [0.25, 0.3) is 0 Å². The average molecular weight is 425 g/mol. The van der Waals surface area contributed by atoms with Gasteiger partial charge >= 0.3 is 6.09 Å². The van der Waals surface area contributed by atoms with Crippen molar-refractivity contribution in [2.24, 2.45) is 11.7 Å². The molecule has 30 heavy (non-hydrogen) atoms. The maximum atomic E-state index is 12.6. The van der Waals surface area contributed by atoms with Crippen LogP contribution in [0.2, 0.25) is 0 Å². The number of nitrogens with one attached hydrogen (secondary N) is 1. The zero-order valence-electron chi connectivity index (χ0n) is 19.2. The van der Waals surface area contributed by atoms with E-state index in [0.717, 1.165) is 38.5 Å². The number of epoxide rings is 1. The van der Waals surface area contributed by atoms with Crippen LogP contribution in [0.4, 0.5) is 4.79 Å². The van der Waals surface area contributed by atoms with E-state index in [-0.39, 0.29) is 41.9 Å². The number of methoxy groups -OCH3 is 1. The van der Waals surface area contributed by atoms with Gasteiger partial charge in [-0.25, -0.2) is 4.79 Å². The van der Waals surface area contributed by atoms with Crippen LogP contribution < -0.4 is 11.1 Å². The van der Waals surface area contributed by atoms with Gasteiger partial charge in [0.15, 0.2) is 0 Å². The van der Waals surface area contributed by atoms with Crippen molar-refractivity contribution >= 4 is 6.09 Å². The number of hydrogen-bond acceptors (Lipinski definition) is 6. The molecule has 3 aliphatic rings. The van der Waals surface area contributed by atoms with E-state index in [1.165, 1.54) is 5.57 Å². The molecule has 2 unspecified atom stereocenters. The fourth-order valence-electron chi connectivity index (χ4n) is 5.19. The van der Waals surface area contributed by atoms with Gasteiger partial charge in [0.05, 0.1) is 24.4 Å². The summed E-state index contributed by atoms with van der Waals surface area (Å²) in [5, 5.41) is 3.03. The van der Waals surface area contributed by atoms with Gasteiger partial charge in [0.2, 0.25) is 0 Å². The van der Waals surface area contributed by atoms with E-state index in [1.807, 2.05) is 0 Å². The number of amides is 1. The zero-order chi connectivity index (χ0) is 21.9. The molecule has 3 N–H and O–H groups in total. The second-order valence-corrected chi connectivity index (χ2v) is 9.97. The quantitative estimate of drug-likeness (QED) is 0.481. The molecule has 7 nitrogen and oxygen atoms in total. The van der Waals surface area contributed by atoms with Crippen molar-refractivity contribution in [3.8, 4) is 0 Å². The lowest BCUT2D eigenvalue weighted by Crippen LogP contribution is -2.59. The summed E-state index contributed by atoms with van der Waals surface area (Å²) in [6.07, 6.45) is 6.34. The summed E-state index contributed by atoms with van der Waals surface area (Å²) >= 11 is 0. The maximum Gasteiger partial charge on any atom is 0.407 e. The number of rotatable bonds is 7. The Labute approximate surface area is 181 Å². The zero-order valence-corrected chi connectivity index (χ0v) is 19.2. The highest BCUT2D eigenvalue weighted by Crippen LogP contribution is 2.52. The number of alkyl carbamates (subject to hydrolysis) is 1. The van der Waals surface area contributed by atoms with Crippen molar-refractivity contribution < 1.29 is 23.7 Å². The van der Waals surface area contributed by atoms with Crippen LogP contribution in [-0.2, 0) is 18.9 Å². The molecule has 0 bridgehead atoms. The minimum Gasteiger partial charge on any atom is -0.443 e. The minimum absolute atomic E-state index is 0.0280. The standard InChI is InChI=1S/C23H40N2O5/c1-15(2)11-13-28-22(3,4)20-19(27-5)18(10-12-23(20)14-29-23)30-21(26)25-17-8-6-16(24)7-9-17/h11,16-20H,6-10,12-14,24H2,1-5H3,(H,25,26)/t16-,17-,18?,19-,20?,23-/m0/s1. The number of nitrogens with two attached hydrogens (primary N) is 1. The molecule has 172 valence electrons. The van der Waals surface area contributed by atoms with Crippen LogP contribution >= 0.6 is 0 Å². The van der Waals surface area contributed by atoms with Crippen LogP contribution in [0.5, 0.6) is 0 Å². The predicted octanol–water partition coefficient (Wildman–Crippen LogP) is 3.31. The van der Waals surface area contributed by atoms with Crippen LogP contribution in [0.3, 0.4) is 0 Å². The monoisotopic (exact) mass is 424 g/mol. The number of carbonyl (C=O) groups excluding carboxylic acids is 1. The molecule has 1 heterocycles. The van der Waals surface area contributed by atoms with Gasteiger partial charge in [-0.15, -0.1) is 0 Å². The Morgan fingerprint density at radius 3 is 2.47 bits per heavy atom. The summed E-state index contributed by atoms with van der Waals surface area (Å²) in [6, 6.07) is 0.388. The fourth-order valence-corrected chi connectivity index (χ4v) is 5.19. The average Bonchev–Trinajstić information content (AvgIpc) is 3.44. The van der Waals surface area contributed by atoms with E-state index in [1.54, 1.807) is 7.11 Å². The first-order chi connectivity index (χ1) is 14.2. The lowest BCUT2D eigenvalue weighted by Gasteiger charge is -2.47. The van der Waals surface area contributed by atoms with Gasteiger partial charge in [-0.3, -0.25) is 0 Å². The molecule has 3 rings (SSSR count). The van der Waals surface area contributed by atoms with E-state index in [2.05, 4.69) is 39.1 Å². The predicted molar refractivity (Wildman–Crippen MR) is 115 cm³/mol. The van der Waals surface area contributed by atoms with Crippen LogP contribution in [0.15, 0.2) is 11.6 Å². The van der Waals surface area contributed by atoms with E-state index >= 15 is 0 Å². The molecular weight excluding hydrogens is 384 g/mol. The molecule has 4 atom stereocenters. The van der Waals surface area contributed by atoms with Crippen molar-refractivity contribution in [3.05, 3.63) is 11.6 Å². The highest BCUT2D eigenvalue weighted by Gasteiger charge is 2.64. The van der Waals surface area contributed by atoms with Gasteiger partial charge in [0.1, 0.15) is 12.2 Å². The van der Waals surface area contributed by atoms with E-state index in [4.69, 9.17) is 24.7 Å². The summed E-state index contributed by atoms with van der Waals surface area (Å²) in [7, 11) is 1.68. The Balaban J connectivity index is 1.64. The van der Waals surface area contributed by atoms with Gasteiger partial charge in [-0.05, 0) is 66.2 Å². The lowest BCUT2D eigenvalue weighted by molar-refractivity contribution is -0.172. The van der Waals surface area contributed by atoms with Gasteiger partial charge in [0, 0.05) is 25.1 Å². The third kappa shape index (κ3) is 5.55. The van der Waals surface area contributed by atoms with Crippen LogP contribution in [0.1, 0.15) is 66.2 Å². The Bertz CT molecular complexity index is 619. The number of ether oxygens (including phenoxy) is 4. The minimum atomic E-state index is -0.485. The summed E-state index contributed by atoms with van der Waals surface area (Å²) < 4.78 is 24.0. The SMILES string of the molecule is CO[C@H]1C(OC(=O)N[C@H]2CC[C@H](N)CC2)CC[C@]2(CO2)C1C(C)(C)OCC=C(C)C. The largest absolute Gasteiger partial charge is 0.443 e. The molecule has 1 spiro atoms. The van der Waals surface area contributed by atoms with Crippen molar-refractivity contribution in [1.29, 1.82) is 0 Å². The van der Waals surface area contributed by atoms with Crippen molar-refractivity contribution in [3.63, 3.8) is 0 Å². The molecule has 2 aliphatic carbocycles. The Hall–Kier alpha value is -1.15. The third-order valence-electron chi connectivity index (χ3n) is 6.95. The van der Waals surface area contributed by atoms with E-state index in [0.29, 0.717) is 13.2 Å². The summed E-state index contributed by atoms with van der Waals surface area (Å²) in [6.45, 7) is 9.52. The number of hydrogen-bond donors (Lipinski definition) is 2. The molecule has 3 fully saturated rings. The van der Waals surface area contributed by atoms with Gasteiger partial charge in [-0.1, -0.05) is 11.6 Å². The van der Waals surface area contributed by atoms with Crippen LogP contribution in [-0.4, -0.2) is 61.9 Å². The number of carbonyl (C=O) groups is 1. The Morgan fingerprint density at radius 2 is 1.90 bits per heavy atom. The molecular formula is C23H40N2O5. The first kappa shape index (κ1) is 23.5. The van der Waals surface area contributed by atoms with Crippen molar-refractivity contribution in [2.45, 2.75) is 102 Å². The molecule has 0 radical (unpaired) electrons. The van der Waals surface area contributed by atoms with Crippen molar-refractivity contribution in [1.82, 2.24) is 5.32 Å². The first-order valence-corrected chi connectivity index (χ1v) is 11.3. The lowest BCUT2D eigenvalue weighted by atomic mass is 9.68. The molecule has 1 aliphatic heterocycles. The first-order valence-electron chi connectivity index (χ1n) is 11.3. The fraction of sp³-hybridized carbons (Fsp3) is 0.870. The second-order valence-electron chi connectivity index (χ2n) is 9.97. The Kier molecular flexibility index (Phi) is 7.49. The summed E-state index contributed by atoms with van der Waals surface area (Å²) in [5.74, 6) is -0.0280.